The van der Waals surface area contributed by atoms with Gasteiger partial charge >= 0.3 is 0 Å². The van der Waals surface area contributed by atoms with Crippen molar-refractivity contribution in [2.75, 3.05) is 0 Å². The fraction of sp³-hybridized carbons (Fsp3) is 0.333. The van der Waals surface area contributed by atoms with E-state index in [4.69, 9.17) is 19.6 Å². The van der Waals surface area contributed by atoms with Crippen LogP contribution in [0.4, 0.5) is 0 Å². The third kappa shape index (κ3) is 7.56. The molecule has 0 spiro atoms. The van der Waals surface area contributed by atoms with Crippen molar-refractivity contribution >= 4 is 12.5 Å². The van der Waals surface area contributed by atoms with Crippen molar-refractivity contribution in [1.29, 1.82) is 0 Å². The Morgan fingerprint density at radius 1 is 1.03 bits per heavy atom. The number of benzene rings is 1. The Balaban J connectivity index is 0.000000630. The van der Waals surface area contributed by atoms with Crippen LogP contribution in [0.2, 0.25) is 0 Å². The van der Waals surface area contributed by atoms with Gasteiger partial charge in [0.25, 0.3) is 6.47 Å². The third-order valence-electron chi connectivity index (χ3n) is 5.15. The molecule has 0 atom stereocenters. The summed E-state index contributed by atoms with van der Waals surface area (Å²) < 4.78 is 5.94. The zero-order valence-corrected chi connectivity index (χ0v) is 18.8. The Morgan fingerprint density at radius 3 is 2.45 bits per heavy atom. The highest BCUT2D eigenvalue weighted by molar-refractivity contribution is 5.52. The normalized spacial score (nSPS) is 13.9. The predicted molar refractivity (Wildman–Crippen MR) is 127 cm³/mol. The van der Waals surface area contributed by atoms with Gasteiger partial charge in [-0.1, -0.05) is 55.8 Å². The van der Waals surface area contributed by atoms with E-state index >= 15 is 0 Å². The second-order valence-electron chi connectivity index (χ2n) is 7.20. The van der Waals surface area contributed by atoms with Crippen molar-refractivity contribution < 1.29 is 14.6 Å². The van der Waals surface area contributed by atoms with E-state index in [2.05, 4.69) is 67.6 Å². The molecule has 31 heavy (non-hydrogen) atoms. The summed E-state index contributed by atoms with van der Waals surface area (Å²) >= 11 is 0. The highest BCUT2D eigenvalue weighted by atomic mass is 16.5. The largest absolute Gasteiger partial charge is 0.487 e. The number of carboxylic acid groups (broad SMARTS) is 1. The Hall–Kier alpha value is -3.14. The van der Waals surface area contributed by atoms with Crippen molar-refractivity contribution in [2.24, 2.45) is 0 Å². The molecular formula is C27H33NO3. The van der Waals surface area contributed by atoms with E-state index in [9.17, 15) is 0 Å². The van der Waals surface area contributed by atoms with Crippen LogP contribution in [0.25, 0.3) is 6.08 Å². The van der Waals surface area contributed by atoms with Crippen LogP contribution in [0.1, 0.15) is 62.5 Å². The fourth-order valence-corrected chi connectivity index (χ4v) is 3.56. The summed E-state index contributed by atoms with van der Waals surface area (Å²) in [6.45, 7) is 6.47. The average molecular weight is 420 g/mol. The molecule has 0 aliphatic heterocycles. The second-order valence-corrected chi connectivity index (χ2v) is 7.20. The first-order chi connectivity index (χ1) is 15.2. The SMILES string of the molecule is CC.CC1=CCCC=C1Cc1ccc(OCc2ccc3c(n2)C=CCC3)cc1.O=CO. The number of aromatic nitrogens is 1. The highest BCUT2D eigenvalue weighted by Gasteiger charge is 2.08. The van der Waals surface area contributed by atoms with Crippen LogP contribution in [0.5, 0.6) is 5.75 Å². The van der Waals surface area contributed by atoms with Gasteiger partial charge in [-0.2, -0.15) is 0 Å². The Labute approximate surface area is 186 Å². The Morgan fingerprint density at radius 2 is 1.74 bits per heavy atom. The van der Waals surface area contributed by atoms with E-state index in [1.165, 1.54) is 28.7 Å². The molecule has 0 radical (unpaired) electrons. The van der Waals surface area contributed by atoms with E-state index in [0.717, 1.165) is 42.8 Å². The smallest absolute Gasteiger partial charge is 0.290 e. The molecule has 2 aliphatic carbocycles. The molecule has 1 heterocycles. The van der Waals surface area contributed by atoms with Gasteiger partial charge in [0.2, 0.25) is 0 Å². The molecule has 0 saturated carbocycles. The number of allylic oxidation sites excluding steroid dienone is 5. The zero-order valence-electron chi connectivity index (χ0n) is 18.8. The second kappa shape index (κ2) is 13.2. The van der Waals surface area contributed by atoms with Crippen LogP contribution in [0, 0.1) is 0 Å². The van der Waals surface area contributed by atoms with Gasteiger partial charge in [-0.25, -0.2) is 4.98 Å². The summed E-state index contributed by atoms with van der Waals surface area (Å²) in [6, 6.07) is 12.7. The van der Waals surface area contributed by atoms with Gasteiger partial charge in [0, 0.05) is 0 Å². The molecule has 0 amide bonds. The van der Waals surface area contributed by atoms with E-state index in [-0.39, 0.29) is 6.47 Å². The molecule has 2 aliphatic rings. The minimum absolute atomic E-state index is 0.250. The summed E-state index contributed by atoms with van der Waals surface area (Å²) in [5.41, 5.74) is 7.61. The molecule has 1 N–H and O–H groups in total. The van der Waals surface area contributed by atoms with E-state index in [0.29, 0.717) is 6.61 Å². The molecular weight excluding hydrogens is 386 g/mol. The lowest BCUT2D eigenvalue weighted by molar-refractivity contribution is -0.122. The van der Waals surface area contributed by atoms with Gasteiger partial charge in [0.05, 0.1) is 11.4 Å². The van der Waals surface area contributed by atoms with Crippen LogP contribution in [-0.4, -0.2) is 16.6 Å². The zero-order chi connectivity index (χ0) is 22.5. The first-order valence-electron chi connectivity index (χ1n) is 11.0. The molecule has 0 fully saturated rings. The molecule has 1 aromatic heterocycles. The summed E-state index contributed by atoms with van der Waals surface area (Å²) in [6.07, 6.45) is 14.6. The minimum Gasteiger partial charge on any atom is -0.487 e. The van der Waals surface area contributed by atoms with Crippen LogP contribution in [0.3, 0.4) is 0 Å². The van der Waals surface area contributed by atoms with Crippen LogP contribution in [-0.2, 0) is 24.2 Å². The van der Waals surface area contributed by atoms with Gasteiger partial charge in [-0.3, -0.25) is 4.79 Å². The maximum Gasteiger partial charge on any atom is 0.290 e. The summed E-state index contributed by atoms with van der Waals surface area (Å²) in [5, 5.41) is 6.89. The average Bonchev–Trinajstić information content (AvgIpc) is 2.82. The van der Waals surface area contributed by atoms with Gasteiger partial charge in [-0.05, 0) is 80.0 Å². The van der Waals surface area contributed by atoms with Gasteiger partial charge in [0.1, 0.15) is 12.4 Å². The fourth-order valence-electron chi connectivity index (χ4n) is 3.56. The maximum atomic E-state index is 8.36. The lowest BCUT2D eigenvalue weighted by Crippen LogP contribution is -2.03. The number of hydrogen-bond acceptors (Lipinski definition) is 3. The molecule has 2 aromatic rings. The molecule has 4 nitrogen and oxygen atoms in total. The summed E-state index contributed by atoms with van der Waals surface area (Å²) in [5.74, 6) is 0.897. The van der Waals surface area contributed by atoms with Crippen LogP contribution >= 0.6 is 0 Å². The minimum atomic E-state index is -0.250. The molecule has 1 aromatic carbocycles. The molecule has 0 bridgehead atoms. The number of aryl methyl sites for hydroxylation is 1. The maximum absolute atomic E-state index is 8.36. The molecule has 4 rings (SSSR count). The van der Waals surface area contributed by atoms with E-state index in [1.54, 1.807) is 0 Å². The molecule has 4 heteroatoms. The van der Waals surface area contributed by atoms with Crippen molar-refractivity contribution in [3.63, 3.8) is 0 Å². The highest BCUT2D eigenvalue weighted by Crippen LogP contribution is 2.24. The first kappa shape index (κ1) is 24.1. The molecule has 0 saturated heterocycles. The summed E-state index contributed by atoms with van der Waals surface area (Å²) in [7, 11) is 0. The van der Waals surface area contributed by atoms with E-state index < -0.39 is 0 Å². The first-order valence-corrected chi connectivity index (χ1v) is 11.0. The number of rotatable bonds is 5. The Bertz CT molecular complexity index is 924. The third-order valence-corrected chi connectivity index (χ3v) is 5.15. The van der Waals surface area contributed by atoms with Crippen molar-refractivity contribution in [3.8, 4) is 5.75 Å². The molecule has 0 unspecified atom stereocenters. The van der Waals surface area contributed by atoms with Gasteiger partial charge in [-0.15, -0.1) is 0 Å². The van der Waals surface area contributed by atoms with E-state index in [1.807, 2.05) is 13.8 Å². The number of fused-ring (bicyclic) bond motifs is 1. The monoisotopic (exact) mass is 419 g/mol. The Kier molecular flexibility index (Phi) is 10.3. The number of carbonyl (C=O) groups is 1. The van der Waals surface area contributed by atoms with Crippen LogP contribution < -0.4 is 4.74 Å². The van der Waals surface area contributed by atoms with Crippen molar-refractivity contribution in [1.82, 2.24) is 4.98 Å². The predicted octanol–water partition coefficient (Wildman–Crippen LogP) is 6.56. The number of nitrogens with zero attached hydrogens (tertiary/aromatic N) is 1. The number of ether oxygens (including phenoxy) is 1. The lowest BCUT2D eigenvalue weighted by atomic mass is 9.93. The number of hydrogen-bond donors (Lipinski definition) is 1. The lowest BCUT2D eigenvalue weighted by Gasteiger charge is -2.14. The van der Waals surface area contributed by atoms with Crippen LogP contribution in [0.15, 0.2) is 65.8 Å². The van der Waals surface area contributed by atoms with Gasteiger partial charge in [0.15, 0.2) is 0 Å². The van der Waals surface area contributed by atoms with Crippen molar-refractivity contribution in [2.45, 2.75) is 59.5 Å². The summed E-state index contributed by atoms with van der Waals surface area (Å²) in [4.78, 5) is 13.1. The van der Waals surface area contributed by atoms with Gasteiger partial charge < -0.3 is 9.84 Å². The number of pyridine rings is 1. The standard InChI is InChI=1S/C24H25NO.C2H6.CH2O2/c1-18-6-2-3-8-21(18)16-19-10-14-23(15-11-19)26-17-22-13-12-20-7-4-5-9-24(20)25-22;1-2;2-1-3/h5-6,8-15H,2-4,7,16-17H2,1H3;1-2H3;1H,(H,2,3). The topological polar surface area (TPSA) is 59.4 Å². The van der Waals surface area contributed by atoms with Crippen molar-refractivity contribution in [3.05, 3.63) is 88.3 Å². The molecule has 164 valence electrons. The quantitative estimate of drug-likeness (QED) is 0.558.